The highest BCUT2D eigenvalue weighted by Crippen LogP contribution is 2.38. The number of rotatable bonds is 11. The molecule has 5 rings (SSSR count). The number of halogens is 2. The molecule has 3 N–H and O–H groups in total. The number of anilines is 2. The van der Waals surface area contributed by atoms with E-state index in [1.807, 2.05) is 36.4 Å². The van der Waals surface area contributed by atoms with E-state index in [1.165, 1.54) is 18.9 Å². The molecule has 0 bridgehead atoms. The van der Waals surface area contributed by atoms with Gasteiger partial charge in [0.25, 0.3) is 11.8 Å². The maximum Gasteiger partial charge on any atom is 0.272 e. The van der Waals surface area contributed by atoms with Gasteiger partial charge in [-0.2, -0.15) is 0 Å². The van der Waals surface area contributed by atoms with Crippen LogP contribution < -0.4 is 20.7 Å². The molecule has 5 aromatic carbocycles. The third kappa shape index (κ3) is 9.26. The van der Waals surface area contributed by atoms with E-state index in [0.29, 0.717) is 38.3 Å². The molecule has 0 spiro atoms. The van der Waals surface area contributed by atoms with Crippen molar-refractivity contribution in [2.45, 2.75) is 10.1 Å². The number of nitrogens with one attached hydrogen (secondary N) is 3. The Morgan fingerprint density at radius 1 is 0.745 bits per heavy atom. The number of hydrogen-bond acceptors (Lipinski definition) is 5. The molecule has 47 heavy (non-hydrogen) atoms. The van der Waals surface area contributed by atoms with E-state index >= 15 is 0 Å². The second kappa shape index (κ2) is 16.0. The highest BCUT2D eigenvalue weighted by Gasteiger charge is 2.23. The normalized spacial score (nSPS) is 11.7. The molecular formula is C37H29Cl2N3O4S. The van der Waals surface area contributed by atoms with E-state index in [9.17, 15) is 14.4 Å². The summed E-state index contributed by atoms with van der Waals surface area (Å²) >= 11 is 13.7. The van der Waals surface area contributed by atoms with Gasteiger partial charge in [0.15, 0.2) is 0 Å². The first-order valence-electron chi connectivity index (χ1n) is 14.4. The van der Waals surface area contributed by atoms with Crippen molar-refractivity contribution in [3.8, 4) is 5.75 Å². The minimum atomic E-state index is -0.631. The van der Waals surface area contributed by atoms with Crippen LogP contribution in [-0.2, 0) is 9.59 Å². The molecule has 5 aromatic rings. The van der Waals surface area contributed by atoms with Gasteiger partial charge in [0.05, 0.1) is 12.1 Å². The summed E-state index contributed by atoms with van der Waals surface area (Å²) in [5, 5.41) is 8.86. The standard InChI is InChI=1S/C37H29Cl2N3O4S/c1-46-33-20-19-29(23-31(33)39)41-37(45)34(25-9-4-2-5-10-25)47-30-14-8-13-28(22-30)40-36(44)32(21-24-15-17-27(38)18-16-24)42-35(43)26-11-6-3-7-12-26/h2-23,34H,1H3,(H,40,44)(H,41,45)(H,42,43)/b32-21-. The molecule has 0 saturated heterocycles. The molecule has 0 heterocycles. The summed E-state index contributed by atoms with van der Waals surface area (Å²) in [6, 6.07) is 37.1. The van der Waals surface area contributed by atoms with Gasteiger partial charge in [-0.3, -0.25) is 14.4 Å². The number of hydrogen-bond donors (Lipinski definition) is 3. The van der Waals surface area contributed by atoms with Crippen molar-refractivity contribution in [2.24, 2.45) is 0 Å². The minimum Gasteiger partial charge on any atom is -0.495 e. The van der Waals surface area contributed by atoms with E-state index in [0.717, 1.165) is 10.5 Å². The van der Waals surface area contributed by atoms with Crippen LogP contribution in [0.2, 0.25) is 10.0 Å². The Morgan fingerprint density at radius 2 is 1.43 bits per heavy atom. The monoisotopic (exact) mass is 681 g/mol. The topological polar surface area (TPSA) is 96.5 Å². The smallest absolute Gasteiger partial charge is 0.272 e. The number of amides is 3. The number of carbonyl (C=O) groups is 3. The van der Waals surface area contributed by atoms with E-state index in [2.05, 4.69) is 16.0 Å². The lowest BCUT2D eigenvalue weighted by molar-refractivity contribution is -0.116. The Kier molecular flexibility index (Phi) is 11.4. The predicted molar refractivity (Wildman–Crippen MR) is 190 cm³/mol. The molecule has 10 heteroatoms. The largest absolute Gasteiger partial charge is 0.495 e. The third-order valence-corrected chi connectivity index (χ3v) is 8.61. The van der Waals surface area contributed by atoms with Crippen LogP contribution in [0.4, 0.5) is 11.4 Å². The van der Waals surface area contributed by atoms with Crippen molar-refractivity contribution in [2.75, 3.05) is 17.7 Å². The maximum atomic E-state index is 13.6. The van der Waals surface area contributed by atoms with Crippen LogP contribution in [0.1, 0.15) is 26.7 Å². The second-order valence-electron chi connectivity index (χ2n) is 10.2. The summed E-state index contributed by atoms with van der Waals surface area (Å²) in [5.41, 5.74) is 2.92. The van der Waals surface area contributed by atoms with Crippen LogP contribution in [-0.4, -0.2) is 24.8 Å². The highest BCUT2D eigenvalue weighted by molar-refractivity contribution is 8.00. The zero-order valence-electron chi connectivity index (χ0n) is 25.1. The van der Waals surface area contributed by atoms with Crippen molar-refractivity contribution in [3.63, 3.8) is 0 Å². The SMILES string of the molecule is COc1ccc(NC(=O)C(Sc2cccc(NC(=O)/C(=C/c3ccc(Cl)cc3)NC(=O)c3ccccc3)c2)c2ccccc2)cc1Cl. The van der Waals surface area contributed by atoms with Gasteiger partial charge in [-0.05, 0) is 77.9 Å². The molecule has 3 amide bonds. The lowest BCUT2D eigenvalue weighted by Crippen LogP contribution is -2.30. The molecule has 7 nitrogen and oxygen atoms in total. The number of carbonyl (C=O) groups excluding carboxylic acids is 3. The molecule has 0 aromatic heterocycles. The molecular weight excluding hydrogens is 653 g/mol. The first-order chi connectivity index (χ1) is 22.8. The molecule has 0 aliphatic rings. The van der Waals surface area contributed by atoms with Crippen molar-refractivity contribution in [1.29, 1.82) is 0 Å². The summed E-state index contributed by atoms with van der Waals surface area (Å²) < 4.78 is 5.22. The van der Waals surface area contributed by atoms with Gasteiger partial charge in [0, 0.05) is 26.9 Å². The van der Waals surface area contributed by atoms with Gasteiger partial charge >= 0.3 is 0 Å². The summed E-state index contributed by atoms with van der Waals surface area (Å²) in [4.78, 5) is 40.9. The molecule has 0 radical (unpaired) electrons. The van der Waals surface area contributed by atoms with Crippen LogP contribution in [0.15, 0.2) is 138 Å². The van der Waals surface area contributed by atoms with Crippen LogP contribution in [0.3, 0.4) is 0 Å². The number of ether oxygens (including phenoxy) is 1. The first-order valence-corrected chi connectivity index (χ1v) is 16.0. The summed E-state index contributed by atoms with van der Waals surface area (Å²) in [6.07, 6.45) is 1.58. The van der Waals surface area contributed by atoms with Gasteiger partial charge in [-0.25, -0.2) is 0 Å². The molecule has 0 aliphatic carbocycles. The van der Waals surface area contributed by atoms with E-state index in [1.54, 1.807) is 97.1 Å². The lowest BCUT2D eigenvalue weighted by Gasteiger charge is -2.18. The Bertz CT molecular complexity index is 1900. The molecule has 0 saturated carbocycles. The average Bonchev–Trinajstić information content (AvgIpc) is 3.09. The summed E-state index contributed by atoms with van der Waals surface area (Å²) in [7, 11) is 1.52. The van der Waals surface area contributed by atoms with Crippen LogP contribution >= 0.6 is 35.0 Å². The van der Waals surface area contributed by atoms with Crippen molar-refractivity contribution in [1.82, 2.24) is 5.32 Å². The van der Waals surface area contributed by atoms with Gasteiger partial charge in [-0.1, -0.05) is 89.9 Å². The molecule has 0 aliphatic heterocycles. The first kappa shape index (κ1) is 33.3. The van der Waals surface area contributed by atoms with Crippen molar-refractivity contribution < 1.29 is 19.1 Å². The number of thioether (sulfide) groups is 1. The minimum absolute atomic E-state index is 0.0407. The predicted octanol–water partition coefficient (Wildman–Crippen LogP) is 8.88. The maximum absolute atomic E-state index is 13.6. The fourth-order valence-corrected chi connectivity index (χ4v) is 5.97. The average molecular weight is 683 g/mol. The Morgan fingerprint density at radius 3 is 2.11 bits per heavy atom. The summed E-state index contributed by atoms with van der Waals surface area (Å²) in [6.45, 7) is 0. The van der Waals surface area contributed by atoms with E-state index < -0.39 is 17.1 Å². The second-order valence-corrected chi connectivity index (χ2v) is 12.2. The zero-order valence-corrected chi connectivity index (χ0v) is 27.4. The van der Waals surface area contributed by atoms with Gasteiger partial charge in [0.1, 0.15) is 16.7 Å². The van der Waals surface area contributed by atoms with Crippen molar-refractivity contribution >= 4 is 70.1 Å². The fourth-order valence-electron chi connectivity index (χ4n) is 4.50. The Balaban J connectivity index is 1.37. The Labute approximate surface area is 287 Å². The third-order valence-electron chi connectivity index (χ3n) is 6.82. The zero-order chi connectivity index (χ0) is 33.2. The molecule has 1 unspecified atom stereocenters. The van der Waals surface area contributed by atoms with Crippen molar-refractivity contribution in [3.05, 3.63) is 160 Å². The number of methoxy groups -OCH3 is 1. The van der Waals surface area contributed by atoms with Gasteiger partial charge in [0.2, 0.25) is 5.91 Å². The van der Waals surface area contributed by atoms with Crippen LogP contribution in [0.5, 0.6) is 5.75 Å². The summed E-state index contributed by atoms with van der Waals surface area (Å²) in [5.74, 6) is -0.711. The molecule has 1 atom stereocenters. The van der Waals surface area contributed by atoms with E-state index in [4.69, 9.17) is 27.9 Å². The number of benzene rings is 5. The van der Waals surface area contributed by atoms with Crippen LogP contribution in [0.25, 0.3) is 6.08 Å². The Hall–Kier alpha value is -5.02. The van der Waals surface area contributed by atoms with Crippen LogP contribution in [0, 0.1) is 0 Å². The van der Waals surface area contributed by atoms with Gasteiger partial charge < -0.3 is 20.7 Å². The fraction of sp³-hybridized carbons (Fsp3) is 0.0541. The molecule has 0 fully saturated rings. The lowest BCUT2D eigenvalue weighted by atomic mass is 10.1. The molecule has 236 valence electrons. The van der Waals surface area contributed by atoms with E-state index in [-0.39, 0.29) is 11.6 Å². The highest BCUT2D eigenvalue weighted by atomic mass is 35.5. The quantitative estimate of drug-likeness (QED) is 0.0956. The van der Waals surface area contributed by atoms with Gasteiger partial charge in [-0.15, -0.1) is 11.8 Å².